The molecule has 0 atom stereocenters. The maximum absolute atomic E-state index is 4.04. The van der Waals surface area contributed by atoms with Crippen LogP contribution >= 0.6 is 0 Å². The van der Waals surface area contributed by atoms with E-state index in [0.29, 0.717) is 0 Å². The molecular formula is C42H86N. The smallest absolute Gasteiger partial charge is 0.00187 e. The predicted molar refractivity (Wildman–Crippen MR) is 199 cm³/mol. The lowest BCUT2D eigenvalue weighted by Gasteiger charge is -2.22. The lowest BCUT2D eigenvalue weighted by Crippen LogP contribution is -2.27. The van der Waals surface area contributed by atoms with Crippen molar-refractivity contribution in [3.63, 3.8) is 0 Å². The lowest BCUT2D eigenvalue weighted by atomic mass is 10.0. The number of unbranched alkanes of at least 4 members (excludes halogenated alkanes) is 33. The zero-order valence-electron chi connectivity index (χ0n) is 30.7. The van der Waals surface area contributed by atoms with Crippen LogP contribution in [0.1, 0.15) is 245 Å². The molecule has 0 aliphatic carbocycles. The van der Waals surface area contributed by atoms with Crippen LogP contribution in [0.5, 0.6) is 0 Å². The summed E-state index contributed by atoms with van der Waals surface area (Å²) >= 11 is 0. The van der Waals surface area contributed by atoms with Crippen molar-refractivity contribution in [3.8, 4) is 0 Å². The van der Waals surface area contributed by atoms with E-state index in [1.54, 1.807) is 0 Å². The molecule has 1 radical (unpaired) electrons. The fourth-order valence-electron chi connectivity index (χ4n) is 6.79. The van der Waals surface area contributed by atoms with Crippen LogP contribution in [0.15, 0.2) is 0 Å². The van der Waals surface area contributed by atoms with Gasteiger partial charge in [-0.1, -0.05) is 233 Å². The van der Waals surface area contributed by atoms with Gasteiger partial charge in [-0.3, -0.25) is 0 Å². The van der Waals surface area contributed by atoms with Gasteiger partial charge in [-0.2, -0.15) is 0 Å². The van der Waals surface area contributed by atoms with Crippen LogP contribution < -0.4 is 0 Å². The Kier molecular flexibility index (Phi) is 39.9. The molecule has 43 heavy (non-hydrogen) atoms. The Morgan fingerprint density at radius 2 is 0.442 bits per heavy atom. The van der Waals surface area contributed by atoms with E-state index in [0.717, 1.165) is 6.42 Å². The zero-order valence-corrected chi connectivity index (χ0v) is 30.7. The molecular weight excluding hydrogens is 518 g/mol. The second kappa shape index (κ2) is 40.0. The first-order valence-corrected chi connectivity index (χ1v) is 20.9. The second-order valence-electron chi connectivity index (χ2n) is 14.4. The average molecular weight is 605 g/mol. The van der Waals surface area contributed by atoms with E-state index in [9.17, 15) is 0 Å². The minimum atomic E-state index is 1.11. The average Bonchev–Trinajstić information content (AvgIpc) is 3.02. The molecule has 0 aromatic heterocycles. The van der Waals surface area contributed by atoms with Crippen LogP contribution in [-0.4, -0.2) is 24.5 Å². The monoisotopic (exact) mass is 605 g/mol. The molecule has 1 nitrogen and oxygen atoms in total. The standard InChI is InChI=1S/C42H86N/c1-4-7-10-13-15-17-19-21-23-25-27-29-31-33-35-38-41-43(40-37-12-9-6-3)42-39-36-34-32-30-28-26-24-22-20-18-16-14-11-8-5-2/h3-42H2,1-2H3. The van der Waals surface area contributed by atoms with Gasteiger partial charge in [0.2, 0.25) is 0 Å². The van der Waals surface area contributed by atoms with Crippen molar-refractivity contribution >= 4 is 0 Å². The highest BCUT2D eigenvalue weighted by Gasteiger charge is 2.05. The SMILES string of the molecule is [CH2]CCCCCN(CCCCCCCCCCCCCCCCCC)CCCCCCCCCCCCCCCCCC. The summed E-state index contributed by atoms with van der Waals surface area (Å²) < 4.78 is 0. The minimum Gasteiger partial charge on any atom is -0.303 e. The Hall–Kier alpha value is -0.0400. The highest BCUT2D eigenvalue weighted by molar-refractivity contribution is 4.61. The highest BCUT2D eigenvalue weighted by atomic mass is 15.1. The summed E-state index contributed by atoms with van der Waals surface area (Å²) in [6, 6.07) is 0. The molecule has 0 saturated heterocycles. The summed E-state index contributed by atoms with van der Waals surface area (Å²) in [6.45, 7) is 12.7. The van der Waals surface area contributed by atoms with Crippen molar-refractivity contribution in [2.75, 3.05) is 19.6 Å². The van der Waals surface area contributed by atoms with Crippen molar-refractivity contribution in [1.29, 1.82) is 0 Å². The topological polar surface area (TPSA) is 3.24 Å². The van der Waals surface area contributed by atoms with Gasteiger partial charge in [-0.25, -0.2) is 0 Å². The Bertz CT molecular complexity index is 424. The number of nitrogens with zero attached hydrogens (tertiary/aromatic N) is 1. The van der Waals surface area contributed by atoms with Gasteiger partial charge in [0.25, 0.3) is 0 Å². The summed E-state index contributed by atoms with van der Waals surface area (Å²) in [4.78, 5) is 2.82. The van der Waals surface area contributed by atoms with Gasteiger partial charge in [0, 0.05) is 0 Å². The van der Waals surface area contributed by atoms with Crippen molar-refractivity contribution in [2.45, 2.75) is 245 Å². The zero-order chi connectivity index (χ0) is 31.2. The second-order valence-corrected chi connectivity index (χ2v) is 14.4. The first-order chi connectivity index (χ1) is 21.3. The van der Waals surface area contributed by atoms with Crippen LogP contribution in [0, 0.1) is 6.92 Å². The summed E-state index contributed by atoms with van der Waals surface area (Å²) in [5, 5.41) is 0. The molecule has 1 heteroatoms. The third-order valence-electron chi connectivity index (χ3n) is 9.88. The van der Waals surface area contributed by atoms with Crippen LogP contribution in [0.3, 0.4) is 0 Å². The number of hydrogen-bond acceptors (Lipinski definition) is 1. The van der Waals surface area contributed by atoms with Gasteiger partial charge >= 0.3 is 0 Å². The highest BCUT2D eigenvalue weighted by Crippen LogP contribution is 2.16. The summed E-state index contributed by atoms with van der Waals surface area (Å²) in [7, 11) is 0. The van der Waals surface area contributed by atoms with Crippen LogP contribution in [-0.2, 0) is 0 Å². The number of hydrogen-bond donors (Lipinski definition) is 0. The summed E-state index contributed by atoms with van der Waals surface area (Å²) in [5.41, 5.74) is 0. The first-order valence-electron chi connectivity index (χ1n) is 20.9. The molecule has 0 aromatic rings. The molecule has 0 heterocycles. The molecule has 0 unspecified atom stereocenters. The van der Waals surface area contributed by atoms with Gasteiger partial charge in [0.1, 0.15) is 0 Å². The van der Waals surface area contributed by atoms with Gasteiger partial charge < -0.3 is 4.90 Å². The lowest BCUT2D eigenvalue weighted by molar-refractivity contribution is 0.254. The largest absolute Gasteiger partial charge is 0.303 e. The molecule has 0 aromatic carbocycles. The molecule has 0 aliphatic rings. The minimum absolute atomic E-state index is 1.11. The van der Waals surface area contributed by atoms with Gasteiger partial charge in [-0.15, -0.1) is 0 Å². The Labute approximate surface area is 275 Å². The van der Waals surface area contributed by atoms with E-state index >= 15 is 0 Å². The molecule has 0 rings (SSSR count). The van der Waals surface area contributed by atoms with Crippen molar-refractivity contribution in [1.82, 2.24) is 4.90 Å². The molecule has 0 amide bonds. The molecule has 0 aliphatic heterocycles. The van der Waals surface area contributed by atoms with E-state index < -0.39 is 0 Å². The molecule has 0 fully saturated rings. The fourth-order valence-corrected chi connectivity index (χ4v) is 6.79. The summed E-state index contributed by atoms with van der Waals surface area (Å²) in [5.74, 6) is 0. The maximum atomic E-state index is 4.04. The van der Waals surface area contributed by atoms with Crippen molar-refractivity contribution in [3.05, 3.63) is 6.92 Å². The Balaban J connectivity index is 3.60. The van der Waals surface area contributed by atoms with Crippen LogP contribution in [0.4, 0.5) is 0 Å². The molecule has 0 saturated carbocycles. The fraction of sp³-hybridized carbons (Fsp3) is 0.976. The van der Waals surface area contributed by atoms with Gasteiger partial charge in [0.15, 0.2) is 0 Å². The third-order valence-corrected chi connectivity index (χ3v) is 9.88. The Morgan fingerprint density at radius 1 is 0.256 bits per heavy atom. The molecule has 259 valence electrons. The van der Waals surface area contributed by atoms with E-state index in [1.807, 2.05) is 0 Å². The van der Waals surface area contributed by atoms with Crippen LogP contribution in [0.2, 0.25) is 0 Å². The normalized spacial score (nSPS) is 11.7. The number of rotatable bonds is 39. The first kappa shape index (κ1) is 43.0. The molecule has 0 spiro atoms. The van der Waals surface area contributed by atoms with E-state index in [1.165, 1.54) is 244 Å². The maximum Gasteiger partial charge on any atom is -0.00187 e. The summed E-state index contributed by atoms with van der Waals surface area (Å²) in [6.07, 6.45) is 52.0. The molecule has 0 bridgehead atoms. The molecule has 0 N–H and O–H groups in total. The third kappa shape index (κ3) is 38.1. The van der Waals surface area contributed by atoms with Crippen molar-refractivity contribution < 1.29 is 0 Å². The quantitative estimate of drug-likeness (QED) is 0.0631. The van der Waals surface area contributed by atoms with E-state index in [-0.39, 0.29) is 0 Å². The Morgan fingerprint density at radius 3 is 0.651 bits per heavy atom. The van der Waals surface area contributed by atoms with Crippen LogP contribution in [0.25, 0.3) is 0 Å². The van der Waals surface area contributed by atoms with Gasteiger partial charge in [0.05, 0.1) is 0 Å². The van der Waals surface area contributed by atoms with E-state index in [2.05, 4.69) is 25.7 Å². The van der Waals surface area contributed by atoms with Crippen molar-refractivity contribution in [2.24, 2.45) is 0 Å². The van der Waals surface area contributed by atoms with Gasteiger partial charge in [-0.05, 0) is 38.9 Å². The van der Waals surface area contributed by atoms with E-state index in [4.69, 9.17) is 0 Å². The predicted octanol–water partition coefficient (Wildman–Crippen LogP) is 15.2.